The monoisotopic (exact) mass is 277 g/mol. The van der Waals surface area contributed by atoms with Gasteiger partial charge in [-0.05, 0) is 38.7 Å². The Labute approximate surface area is 117 Å². The number of aromatic nitrogens is 1. The van der Waals surface area contributed by atoms with Crippen LogP contribution in [0.25, 0.3) is 0 Å². The maximum Gasteiger partial charge on any atom is 0.355 e. The van der Waals surface area contributed by atoms with E-state index in [0.29, 0.717) is 17.4 Å². The maximum atomic E-state index is 12.1. The van der Waals surface area contributed by atoms with Gasteiger partial charge in [-0.25, -0.2) is 4.79 Å². The summed E-state index contributed by atoms with van der Waals surface area (Å²) in [6.07, 6.45) is 5.08. The van der Waals surface area contributed by atoms with Gasteiger partial charge in [-0.3, -0.25) is 4.79 Å². The van der Waals surface area contributed by atoms with E-state index >= 15 is 0 Å². The van der Waals surface area contributed by atoms with Gasteiger partial charge in [0.1, 0.15) is 5.69 Å². The van der Waals surface area contributed by atoms with Crippen LogP contribution < -0.4 is 11.1 Å². The minimum absolute atomic E-state index is 0.238. The smallest absolute Gasteiger partial charge is 0.355 e. The van der Waals surface area contributed by atoms with Crippen molar-refractivity contribution in [3.63, 3.8) is 0 Å². The molecule has 1 heterocycles. The molecule has 6 heteroatoms. The van der Waals surface area contributed by atoms with E-state index in [0.717, 1.165) is 25.7 Å². The Morgan fingerprint density at radius 2 is 2.10 bits per heavy atom. The lowest BCUT2D eigenvalue weighted by atomic mass is 10.3. The first-order valence-corrected chi connectivity index (χ1v) is 7.03. The highest BCUT2D eigenvalue weighted by atomic mass is 16.5. The van der Waals surface area contributed by atoms with Gasteiger partial charge < -0.3 is 20.4 Å². The van der Waals surface area contributed by atoms with Crippen LogP contribution in [0.2, 0.25) is 0 Å². The van der Waals surface area contributed by atoms with Crippen molar-refractivity contribution in [2.75, 3.05) is 5.73 Å². The fraction of sp³-hybridized carbons (Fsp3) is 0.571. The third-order valence-electron chi connectivity index (χ3n) is 3.60. The molecule has 0 aliphatic heterocycles. The Hall–Kier alpha value is -1.98. The average Bonchev–Trinajstić information content (AvgIpc) is 3.29. The molecule has 2 fully saturated rings. The topological polar surface area (TPSA) is 86.3 Å². The molecule has 2 aliphatic carbocycles. The lowest BCUT2D eigenvalue weighted by molar-refractivity contribution is -0.129. The minimum atomic E-state index is -0.785. The van der Waals surface area contributed by atoms with Crippen molar-refractivity contribution >= 4 is 17.6 Å². The zero-order valence-corrected chi connectivity index (χ0v) is 11.5. The Balaban J connectivity index is 1.64. The number of ether oxygens (including phenoxy) is 1. The fourth-order valence-corrected chi connectivity index (χ4v) is 2.14. The first-order chi connectivity index (χ1) is 9.54. The molecule has 3 N–H and O–H groups in total. The number of nitrogens with two attached hydrogens (primary N) is 1. The first-order valence-electron chi connectivity index (χ1n) is 7.03. The van der Waals surface area contributed by atoms with Gasteiger partial charge in [-0.1, -0.05) is 0 Å². The molecular formula is C14H19N3O3. The predicted molar refractivity (Wildman–Crippen MR) is 73.2 cm³/mol. The number of carbonyl (C=O) groups excluding carboxylic acids is 2. The van der Waals surface area contributed by atoms with Crippen LogP contribution in [0.5, 0.6) is 0 Å². The van der Waals surface area contributed by atoms with E-state index in [1.165, 1.54) is 0 Å². The van der Waals surface area contributed by atoms with E-state index in [9.17, 15) is 9.59 Å². The molecule has 6 nitrogen and oxygen atoms in total. The highest BCUT2D eigenvalue weighted by molar-refractivity contribution is 5.92. The third-order valence-corrected chi connectivity index (χ3v) is 3.60. The summed E-state index contributed by atoms with van der Waals surface area (Å²) < 4.78 is 7.08. The molecular weight excluding hydrogens is 258 g/mol. The summed E-state index contributed by atoms with van der Waals surface area (Å²) in [4.78, 5) is 23.9. The summed E-state index contributed by atoms with van der Waals surface area (Å²) in [5.41, 5.74) is 6.71. The largest absolute Gasteiger partial charge is 0.448 e. The van der Waals surface area contributed by atoms with Crippen molar-refractivity contribution in [2.24, 2.45) is 0 Å². The number of esters is 1. The molecule has 3 rings (SSSR count). The first kappa shape index (κ1) is 13.0. The van der Waals surface area contributed by atoms with Crippen LogP contribution in [-0.2, 0) is 9.53 Å². The zero-order chi connectivity index (χ0) is 14.3. The van der Waals surface area contributed by atoms with E-state index in [-0.39, 0.29) is 11.9 Å². The number of amides is 1. The average molecular weight is 277 g/mol. The number of carbonyl (C=O) groups is 2. The molecule has 0 saturated heterocycles. The van der Waals surface area contributed by atoms with Gasteiger partial charge in [0, 0.05) is 18.3 Å². The van der Waals surface area contributed by atoms with Gasteiger partial charge in [-0.2, -0.15) is 0 Å². The molecule has 0 bridgehead atoms. The molecule has 108 valence electrons. The number of nitrogens with zero attached hydrogens (tertiary/aromatic N) is 1. The molecule has 1 atom stereocenters. The van der Waals surface area contributed by atoms with Crippen molar-refractivity contribution < 1.29 is 14.3 Å². The summed E-state index contributed by atoms with van der Waals surface area (Å²) in [5.74, 6) is -0.731. The SMILES string of the molecule is CC(OC(=O)c1cc(N)cn1C1CC1)C(=O)NC1CC1. The van der Waals surface area contributed by atoms with Gasteiger partial charge in [0.25, 0.3) is 5.91 Å². The maximum absolute atomic E-state index is 12.1. The van der Waals surface area contributed by atoms with Crippen LogP contribution >= 0.6 is 0 Å². The molecule has 1 unspecified atom stereocenters. The molecule has 1 amide bonds. The molecule has 2 aliphatic rings. The zero-order valence-electron chi connectivity index (χ0n) is 11.5. The summed E-state index contributed by atoms with van der Waals surface area (Å²) in [7, 11) is 0. The second kappa shape index (κ2) is 4.85. The third kappa shape index (κ3) is 2.79. The van der Waals surface area contributed by atoms with Gasteiger partial charge in [0.05, 0.1) is 5.69 Å². The molecule has 1 aromatic heterocycles. The Morgan fingerprint density at radius 1 is 1.40 bits per heavy atom. The normalized spacial score (nSPS) is 19.4. The molecule has 0 spiro atoms. The fourth-order valence-electron chi connectivity index (χ4n) is 2.14. The van der Waals surface area contributed by atoms with E-state index < -0.39 is 12.1 Å². The van der Waals surface area contributed by atoms with Crippen molar-refractivity contribution in [3.8, 4) is 0 Å². The molecule has 20 heavy (non-hydrogen) atoms. The highest BCUT2D eigenvalue weighted by Gasteiger charge is 2.31. The van der Waals surface area contributed by atoms with Crippen molar-refractivity contribution in [1.82, 2.24) is 9.88 Å². The van der Waals surface area contributed by atoms with Crippen LogP contribution in [-0.4, -0.2) is 28.6 Å². The van der Waals surface area contributed by atoms with Gasteiger partial charge in [-0.15, -0.1) is 0 Å². The van der Waals surface area contributed by atoms with E-state index in [2.05, 4.69) is 5.32 Å². The molecule has 0 radical (unpaired) electrons. The van der Waals surface area contributed by atoms with Gasteiger partial charge >= 0.3 is 5.97 Å². The van der Waals surface area contributed by atoms with Crippen LogP contribution in [0.1, 0.15) is 49.1 Å². The Kier molecular flexibility index (Phi) is 3.16. The Morgan fingerprint density at radius 3 is 2.70 bits per heavy atom. The molecule has 1 aromatic rings. The minimum Gasteiger partial charge on any atom is -0.448 e. The number of anilines is 1. The number of hydrogen-bond donors (Lipinski definition) is 2. The van der Waals surface area contributed by atoms with Gasteiger partial charge in [0.2, 0.25) is 0 Å². The lowest BCUT2D eigenvalue weighted by Gasteiger charge is -2.14. The van der Waals surface area contributed by atoms with Crippen LogP contribution in [0.15, 0.2) is 12.3 Å². The quantitative estimate of drug-likeness (QED) is 0.792. The van der Waals surface area contributed by atoms with Crippen LogP contribution in [0.4, 0.5) is 5.69 Å². The number of hydrogen-bond acceptors (Lipinski definition) is 4. The Bertz CT molecular complexity index is 544. The predicted octanol–water partition coefficient (Wildman–Crippen LogP) is 1.23. The van der Waals surface area contributed by atoms with Gasteiger partial charge in [0.15, 0.2) is 6.10 Å². The summed E-state index contributed by atoms with van der Waals surface area (Å²) in [6, 6.07) is 2.20. The highest BCUT2D eigenvalue weighted by Crippen LogP contribution is 2.37. The second-order valence-electron chi connectivity index (χ2n) is 5.63. The second-order valence-corrected chi connectivity index (χ2v) is 5.63. The van der Waals surface area contributed by atoms with Crippen molar-refractivity contribution in [1.29, 1.82) is 0 Å². The lowest BCUT2D eigenvalue weighted by Crippen LogP contribution is -2.37. The van der Waals surface area contributed by atoms with Crippen LogP contribution in [0.3, 0.4) is 0 Å². The van der Waals surface area contributed by atoms with Crippen LogP contribution in [0, 0.1) is 0 Å². The van der Waals surface area contributed by atoms with E-state index in [1.807, 2.05) is 4.57 Å². The number of rotatable bonds is 5. The van der Waals surface area contributed by atoms with Crippen molar-refractivity contribution in [2.45, 2.75) is 50.8 Å². The summed E-state index contributed by atoms with van der Waals surface area (Å²) in [6.45, 7) is 1.59. The standard InChI is InChI=1S/C14H19N3O3/c1-8(13(18)16-10-2-3-10)20-14(19)12-6-9(15)7-17(12)11-4-5-11/h6-8,10-11H,2-5,15H2,1H3,(H,16,18). The van der Waals surface area contributed by atoms with E-state index in [1.54, 1.807) is 19.2 Å². The summed E-state index contributed by atoms with van der Waals surface area (Å²) in [5, 5.41) is 2.82. The molecule has 0 aromatic carbocycles. The number of nitrogens with one attached hydrogen (secondary N) is 1. The number of nitrogen functional groups attached to an aromatic ring is 1. The van der Waals surface area contributed by atoms with E-state index in [4.69, 9.17) is 10.5 Å². The molecule has 2 saturated carbocycles. The van der Waals surface area contributed by atoms with Crippen molar-refractivity contribution in [3.05, 3.63) is 18.0 Å². The summed E-state index contributed by atoms with van der Waals surface area (Å²) >= 11 is 0.